The van der Waals surface area contributed by atoms with Crippen LogP contribution in [0.5, 0.6) is 0 Å². The van der Waals surface area contributed by atoms with Gasteiger partial charge in [-0.3, -0.25) is 10.1 Å². The van der Waals surface area contributed by atoms with E-state index < -0.39 is 5.72 Å². The maximum Gasteiger partial charge on any atom is 0.228 e. The van der Waals surface area contributed by atoms with Crippen LogP contribution in [0, 0.1) is 5.92 Å². The average molecular weight is 334 g/mol. The van der Waals surface area contributed by atoms with Crippen LogP contribution in [0.2, 0.25) is 0 Å². The number of carbonyl (C=O) groups is 1. The minimum Gasteiger partial charge on any atom is -0.374 e. The van der Waals surface area contributed by atoms with E-state index in [1.807, 2.05) is 13.0 Å². The van der Waals surface area contributed by atoms with Crippen molar-refractivity contribution < 1.29 is 14.6 Å². The molecule has 1 aliphatic heterocycles. The minimum atomic E-state index is -1.14. The summed E-state index contributed by atoms with van der Waals surface area (Å²) in [5, 5.41) is 12.8. The highest BCUT2D eigenvalue weighted by Crippen LogP contribution is 2.11. The number of hydrogen-bond acceptors (Lipinski definition) is 4. The SMILES string of the molecule is C=CCN1CC(C)(O)NCOC[C@H](C)C1=O.CCc1ccccc1. The maximum absolute atomic E-state index is 12.0. The van der Waals surface area contributed by atoms with Crippen LogP contribution < -0.4 is 5.32 Å². The lowest BCUT2D eigenvalue weighted by molar-refractivity contribution is -0.138. The highest BCUT2D eigenvalue weighted by molar-refractivity contribution is 5.78. The van der Waals surface area contributed by atoms with E-state index in [0.717, 1.165) is 6.42 Å². The van der Waals surface area contributed by atoms with Gasteiger partial charge in [0.05, 0.1) is 25.8 Å². The molecule has 1 aromatic carbocycles. The Bertz CT molecular complexity index is 503. The maximum atomic E-state index is 12.0. The van der Waals surface area contributed by atoms with E-state index in [9.17, 15) is 9.90 Å². The van der Waals surface area contributed by atoms with Crippen LogP contribution in [-0.2, 0) is 16.0 Å². The highest BCUT2D eigenvalue weighted by Gasteiger charge is 2.29. The molecule has 1 amide bonds. The fourth-order valence-electron chi connectivity index (χ4n) is 2.35. The predicted molar refractivity (Wildman–Crippen MR) is 96.3 cm³/mol. The summed E-state index contributed by atoms with van der Waals surface area (Å²) < 4.78 is 5.25. The van der Waals surface area contributed by atoms with Crippen LogP contribution in [0.15, 0.2) is 43.0 Å². The van der Waals surface area contributed by atoms with Gasteiger partial charge in [0, 0.05) is 6.54 Å². The van der Waals surface area contributed by atoms with Crippen LogP contribution >= 0.6 is 0 Å². The molecule has 2 N–H and O–H groups in total. The molecule has 1 saturated heterocycles. The number of hydrogen-bond donors (Lipinski definition) is 2. The molecule has 1 aromatic rings. The molecule has 0 radical (unpaired) electrons. The van der Waals surface area contributed by atoms with Crippen molar-refractivity contribution in [1.82, 2.24) is 10.2 Å². The molecule has 1 aliphatic rings. The average Bonchev–Trinajstić information content (AvgIpc) is 2.62. The van der Waals surface area contributed by atoms with E-state index in [1.165, 1.54) is 5.56 Å². The first kappa shape index (κ1) is 20.4. The predicted octanol–water partition coefficient (Wildman–Crippen LogP) is 2.17. The van der Waals surface area contributed by atoms with Gasteiger partial charge in [0.1, 0.15) is 5.72 Å². The second-order valence-corrected chi connectivity index (χ2v) is 6.21. The molecule has 0 bridgehead atoms. The fourth-order valence-corrected chi connectivity index (χ4v) is 2.35. The number of nitrogens with one attached hydrogen (secondary N) is 1. The molecule has 2 atom stereocenters. The van der Waals surface area contributed by atoms with E-state index in [0.29, 0.717) is 13.2 Å². The van der Waals surface area contributed by atoms with Crippen LogP contribution in [0.4, 0.5) is 0 Å². The summed E-state index contributed by atoms with van der Waals surface area (Å²) in [6.07, 6.45) is 2.79. The normalized spacial score (nSPS) is 24.9. The van der Waals surface area contributed by atoms with E-state index in [2.05, 4.69) is 43.1 Å². The largest absolute Gasteiger partial charge is 0.374 e. The van der Waals surface area contributed by atoms with Gasteiger partial charge in [-0.1, -0.05) is 50.3 Å². The van der Waals surface area contributed by atoms with E-state index >= 15 is 0 Å². The quantitative estimate of drug-likeness (QED) is 0.832. The topological polar surface area (TPSA) is 61.8 Å². The van der Waals surface area contributed by atoms with Gasteiger partial charge < -0.3 is 14.7 Å². The number of β-amino-alcohol motifs (C(OH)–C–C–N with tert-alkyl or cyclic N) is 1. The Morgan fingerprint density at radius 1 is 1.46 bits per heavy atom. The van der Waals surface area contributed by atoms with Crippen LogP contribution in [-0.4, -0.2) is 48.1 Å². The van der Waals surface area contributed by atoms with Gasteiger partial charge in [-0.05, 0) is 18.9 Å². The molecular weight excluding hydrogens is 304 g/mol. The zero-order valence-corrected chi connectivity index (χ0v) is 15.0. The zero-order valence-electron chi connectivity index (χ0n) is 15.0. The van der Waals surface area contributed by atoms with Crippen molar-refractivity contribution in [3.63, 3.8) is 0 Å². The first-order chi connectivity index (χ1) is 11.4. The second-order valence-electron chi connectivity index (χ2n) is 6.21. The number of aryl methyl sites for hydroxylation is 1. The summed E-state index contributed by atoms with van der Waals surface area (Å²) >= 11 is 0. The van der Waals surface area contributed by atoms with Crippen molar-refractivity contribution in [1.29, 1.82) is 0 Å². The van der Waals surface area contributed by atoms with Crippen molar-refractivity contribution in [2.45, 2.75) is 32.9 Å². The standard InChI is InChI=1S/C11H20N2O3.C8H10/c1-4-5-13-7-11(3,15)12-8-16-6-9(2)10(13)14;1-2-8-6-4-3-5-7-8/h4,9,12,15H,1,5-8H2,2-3H3;3-7H,2H2,1H3/t9-,11?;/m0./s1. The number of carbonyl (C=O) groups excluding carboxylic acids is 1. The van der Waals surface area contributed by atoms with Gasteiger partial charge in [-0.25, -0.2) is 0 Å². The monoisotopic (exact) mass is 334 g/mol. The summed E-state index contributed by atoms with van der Waals surface area (Å²) in [4.78, 5) is 13.6. The number of rotatable bonds is 3. The Morgan fingerprint density at radius 3 is 2.67 bits per heavy atom. The molecule has 1 heterocycles. The van der Waals surface area contributed by atoms with Gasteiger partial charge in [0.25, 0.3) is 0 Å². The van der Waals surface area contributed by atoms with Crippen molar-refractivity contribution in [2.75, 3.05) is 26.4 Å². The smallest absolute Gasteiger partial charge is 0.228 e. The molecule has 134 valence electrons. The number of benzene rings is 1. The Morgan fingerprint density at radius 2 is 2.12 bits per heavy atom. The summed E-state index contributed by atoms with van der Waals surface area (Å²) in [5.74, 6) is -0.223. The molecule has 24 heavy (non-hydrogen) atoms. The molecule has 0 spiro atoms. The van der Waals surface area contributed by atoms with Crippen molar-refractivity contribution in [3.8, 4) is 0 Å². The number of ether oxygens (including phenoxy) is 1. The Hall–Kier alpha value is -1.69. The lowest BCUT2D eigenvalue weighted by Gasteiger charge is -2.31. The number of amides is 1. The van der Waals surface area contributed by atoms with Crippen molar-refractivity contribution in [3.05, 3.63) is 48.6 Å². The summed E-state index contributed by atoms with van der Waals surface area (Å²) in [7, 11) is 0. The third kappa shape index (κ3) is 7.25. The lowest BCUT2D eigenvalue weighted by Crippen LogP contribution is -2.53. The zero-order chi connectivity index (χ0) is 18.0. The number of aliphatic hydroxyl groups is 1. The van der Waals surface area contributed by atoms with E-state index in [-0.39, 0.29) is 25.1 Å². The Labute approximate surface area is 145 Å². The first-order valence-electron chi connectivity index (χ1n) is 8.38. The van der Waals surface area contributed by atoms with Crippen LogP contribution in [0.25, 0.3) is 0 Å². The molecule has 5 heteroatoms. The molecule has 0 aliphatic carbocycles. The molecule has 1 unspecified atom stereocenters. The number of nitrogens with zero attached hydrogens (tertiary/aromatic N) is 1. The summed E-state index contributed by atoms with van der Waals surface area (Å²) in [5.41, 5.74) is 0.274. The molecule has 5 nitrogen and oxygen atoms in total. The third-order valence-electron chi connectivity index (χ3n) is 3.76. The summed E-state index contributed by atoms with van der Waals surface area (Å²) in [6, 6.07) is 10.5. The van der Waals surface area contributed by atoms with E-state index in [1.54, 1.807) is 17.9 Å². The second kappa shape index (κ2) is 10.2. The van der Waals surface area contributed by atoms with Gasteiger partial charge in [0.2, 0.25) is 5.91 Å². The molecular formula is C19H30N2O3. The Kier molecular flexibility index (Phi) is 8.68. The van der Waals surface area contributed by atoms with Crippen LogP contribution in [0.3, 0.4) is 0 Å². The van der Waals surface area contributed by atoms with E-state index in [4.69, 9.17) is 4.74 Å². The summed E-state index contributed by atoms with van der Waals surface area (Å²) in [6.45, 7) is 10.5. The minimum absolute atomic E-state index is 0.0242. The van der Waals surface area contributed by atoms with Gasteiger partial charge in [-0.2, -0.15) is 0 Å². The lowest BCUT2D eigenvalue weighted by atomic mass is 10.1. The van der Waals surface area contributed by atoms with Crippen molar-refractivity contribution >= 4 is 5.91 Å². The van der Waals surface area contributed by atoms with Gasteiger partial charge in [-0.15, -0.1) is 6.58 Å². The van der Waals surface area contributed by atoms with Gasteiger partial charge >= 0.3 is 0 Å². The molecule has 2 rings (SSSR count). The van der Waals surface area contributed by atoms with Crippen molar-refractivity contribution in [2.24, 2.45) is 5.92 Å². The highest BCUT2D eigenvalue weighted by atomic mass is 16.5. The Balaban J connectivity index is 0.000000300. The molecule has 1 fully saturated rings. The third-order valence-corrected chi connectivity index (χ3v) is 3.76. The first-order valence-corrected chi connectivity index (χ1v) is 8.38. The fraction of sp³-hybridized carbons (Fsp3) is 0.526. The van der Waals surface area contributed by atoms with Crippen LogP contribution in [0.1, 0.15) is 26.3 Å². The molecule has 0 aromatic heterocycles. The van der Waals surface area contributed by atoms with Gasteiger partial charge in [0.15, 0.2) is 0 Å². The molecule has 0 saturated carbocycles.